The Morgan fingerprint density at radius 2 is 1.51 bits per heavy atom. The average Bonchev–Trinajstić information content (AvgIpc) is 3.59. The number of piperidine rings is 1. The monoisotopic (exact) mass is 580 g/mol. The number of pyridine rings is 2. The van der Waals surface area contributed by atoms with Crippen molar-refractivity contribution in [2.75, 3.05) is 31.1 Å². The van der Waals surface area contributed by atoms with Crippen molar-refractivity contribution >= 4 is 17.4 Å². The predicted molar refractivity (Wildman–Crippen MR) is 160 cm³/mol. The molecule has 220 valence electrons. The molecule has 1 amide bonds. The number of rotatable bonds is 9. The van der Waals surface area contributed by atoms with Crippen LogP contribution < -0.4 is 14.4 Å². The summed E-state index contributed by atoms with van der Waals surface area (Å²) < 4.78 is 24.9. The molecule has 43 heavy (non-hydrogen) atoms. The van der Waals surface area contributed by atoms with Crippen LogP contribution in [-0.2, 0) is 6.42 Å². The maximum absolute atomic E-state index is 13.1. The van der Waals surface area contributed by atoms with Gasteiger partial charge in [0.05, 0.1) is 5.56 Å². The summed E-state index contributed by atoms with van der Waals surface area (Å²) in [4.78, 5) is 38.6. The minimum Gasteiger partial charge on any atom is -0.490 e. The fourth-order valence-corrected chi connectivity index (χ4v) is 5.42. The average molecular weight is 581 g/mol. The number of hydrogen-bond donors (Lipinski definition) is 0. The van der Waals surface area contributed by atoms with Crippen LogP contribution in [0, 0.1) is 5.82 Å². The highest BCUT2D eigenvalue weighted by molar-refractivity contribution is 5.98. The van der Waals surface area contributed by atoms with Crippen LogP contribution in [0.4, 0.5) is 10.1 Å². The van der Waals surface area contributed by atoms with Crippen molar-refractivity contribution in [3.63, 3.8) is 0 Å². The molecule has 2 saturated heterocycles. The zero-order valence-corrected chi connectivity index (χ0v) is 23.8. The molecule has 0 saturated carbocycles. The normalized spacial score (nSPS) is 15.4. The van der Waals surface area contributed by atoms with Gasteiger partial charge in [-0.3, -0.25) is 14.6 Å². The van der Waals surface area contributed by atoms with Crippen LogP contribution in [0.2, 0.25) is 0 Å². The highest BCUT2D eigenvalue weighted by Crippen LogP contribution is 2.26. The van der Waals surface area contributed by atoms with Gasteiger partial charge in [0.15, 0.2) is 5.78 Å². The third-order valence-corrected chi connectivity index (χ3v) is 7.83. The van der Waals surface area contributed by atoms with E-state index in [9.17, 15) is 14.0 Å². The van der Waals surface area contributed by atoms with Gasteiger partial charge in [-0.05, 0) is 79.1 Å². The Kier molecular flexibility index (Phi) is 8.58. The Morgan fingerprint density at radius 1 is 0.791 bits per heavy atom. The van der Waals surface area contributed by atoms with E-state index in [0.29, 0.717) is 35.8 Å². The van der Waals surface area contributed by atoms with E-state index in [1.807, 2.05) is 17.0 Å². The molecule has 2 aromatic carbocycles. The first-order chi connectivity index (χ1) is 21.0. The quantitative estimate of drug-likeness (QED) is 0.221. The van der Waals surface area contributed by atoms with Crippen LogP contribution in [0.1, 0.15) is 52.1 Å². The third-order valence-electron chi connectivity index (χ3n) is 7.83. The number of amides is 1. The Bertz CT molecular complexity index is 1530. The van der Waals surface area contributed by atoms with Crippen molar-refractivity contribution in [3.8, 4) is 17.4 Å². The van der Waals surface area contributed by atoms with Crippen LogP contribution in [0.25, 0.3) is 0 Å². The number of ether oxygens (including phenoxy) is 2. The molecule has 2 fully saturated rings. The zero-order valence-electron chi connectivity index (χ0n) is 23.8. The van der Waals surface area contributed by atoms with Crippen LogP contribution in [0.5, 0.6) is 17.4 Å². The van der Waals surface area contributed by atoms with Gasteiger partial charge >= 0.3 is 0 Å². The van der Waals surface area contributed by atoms with E-state index in [2.05, 4.69) is 27.0 Å². The SMILES string of the molecule is O=C(Cc1ccc(Oc2ccc(F)cc2)nc1)c1ccc(C(=O)N2CCC(Oc3ccc(N4CCCC4)cc3)CC2)cn1. The maximum atomic E-state index is 13.1. The van der Waals surface area contributed by atoms with Crippen LogP contribution in [0.15, 0.2) is 85.2 Å². The molecule has 0 atom stereocenters. The van der Waals surface area contributed by atoms with E-state index >= 15 is 0 Å². The number of aromatic nitrogens is 2. The summed E-state index contributed by atoms with van der Waals surface area (Å²) in [6.07, 6.45) is 7.22. The van der Waals surface area contributed by atoms with Crippen molar-refractivity contribution < 1.29 is 23.5 Å². The fourth-order valence-electron chi connectivity index (χ4n) is 5.42. The number of likely N-dealkylation sites (tertiary alicyclic amines) is 1. The lowest BCUT2D eigenvalue weighted by Gasteiger charge is -2.32. The molecule has 2 aliphatic heterocycles. The zero-order chi connectivity index (χ0) is 29.6. The smallest absolute Gasteiger partial charge is 0.255 e. The summed E-state index contributed by atoms with van der Waals surface area (Å²) in [5.41, 5.74) is 2.68. The second-order valence-electron chi connectivity index (χ2n) is 10.9. The summed E-state index contributed by atoms with van der Waals surface area (Å²) in [5, 5.41) is 0. The van der Waals surface area contributed by atoms with Gasteiger partial charge in [-0.25, -0.2) is 9.37 Å². The van der Waals surface area contributed by atoms with Crippen LogP contribution >= 0.6 is 0 Å². The summed E-state index contributed by atoms with van der Waals surface area (Å²) in [6, 6.07) is 20.6. The standard InChI is InChI=1S/C34H33FN4O4/c35-26-5-9-29(10-6-26)43-33-14-3-24(22-37-33)21-32(40)31-13-4-25(23-36-31)34(41)39-19-15-30(16-20-39)42-28-11-7-27(8-12-28)38-17-1-2-18-38/h3-14,22-23,30H,1-2,15-21H2. The van der Waals surface area contributed by atoms with Gasteiger partial charge in [0, 0.05) is 69.6 Å². The Balaban J connectivity index is 0.967. The van der Waals surface area contributed by atoms with Gasteiger partial charge in [0.25, 0.3) is 5.91 Å². The molecule has 0 bridgehead atoms. The topological polar surface area (TPSA) is 84.9 Å². The summed E-state index contributed by atoms with van der Waals surface area (Å²) in [5.74, 6) is 1.04. The maximum Gasteiger partial charge on any atom is 0.255 e. The predicted octanol–water partition coefficient (Wildman–Crippen LogP) is 6.12. The van der Waals surface area contributed by atoms with Crippen molar-refractivity contribution in [1.29, 1.82) is 0 Å². The van der Waals surface area contributed by atoms with Gasteiger partial charge in [0.2, 0.25) is 5.88 Å². The summed E-state index contributed by atoms with van der Waals surface area (Å²) in [7, 11) is 0. The number of hydrogen-bond acceptors (Lipinski definition) is 7. The highest BCUT2D eigenvalue weighted by atomic mass is 19.1. The molecule has 0 unspecified atom stereocenters. The second kappa shape index (κ2) is 13.0. The molecule has 2 aliphatic rings. The molecule has 2 aromatic heterocycles. The van der Waals surface area contributed by atoms with E-state index in [1.54, 1.807) is 30.5 Å². The van der Waals surface area contributed by atoms with E-state index in [0.717, 1.165) is 31.7 Å². The van der Waals surface area contributed by atoms with Gasteiger partial charge in [-0.1, -0.05) is 6.07 Å². The minimum absolute atomic E-state index is 0.0674. The molecular weight excluding hydrogens is 547 g/mol. The van der Waals surface area contributed by atoms with Gasteiger partial charge in [-0.2, -0.15) is 0 Å². The van der Waals surface area contributed by atoms with E-state index in [4.69, 9.17) is 9.47 Å². The van der Waals surface area contributed by atoms with Gasteiger partial charge in [-0.15, -0.1) is 0 Å². The molecule has 0 N–H and O–H groups in total. The highest BCUT2D eigenvalue weighted by Gasteiger charge is 2.25. The number of ketones is 1. The third kappa shape index (κ3) is 7.17. The van der Waals surface area contributed by atoms with E-state index < -0.39 is 0 Å². The van der Waals surface area contributed by atoms with Crippen molar-refractivity contribution in [1.82, 2.24) is 14.9 Å². The second-order valence-corrected chi connectivity index (χ2v) is 10.9. The number of anilines is 1. The molecular formula is C34H33FN4O4. The van der Waals surface area contributed by atoms with Crippen molar-refractivity contribution in [3.05, 3.63) is 108 Å². The lowest BCUT2D eigenvalue weighted by molar-refractivity contribution is 0.0594. The number of benzene rings is 2. The number of carbonyl (C=O) groups excluding carboxylic acids is 2. The first-order valence-electron chi connectivity index (χ1n) is 14.7. The number of halogens is 1. The molecule has 9 heteroatoms. The number of carbonyl (C=O) groups is 2. The summed E-state index contributed by atoms with van der Waals surface area (Å²) >= 11 is 0. The van der Waals surface area contributed by atoms with Crippen LogP contribution in [0.3, 0.4) is 0 Å². The van der Waals surface area contributed by atoms with Gasteiger partial charge in [0.1, 0.15) is 29.1 Å². The molecule has 6 rings (SSSR count). The molecule has 4 aromatic rings. The Morgan fingerprint density at radius 3 is 2.16 bits per heavy atom. The minimum atomic E-state index is -0.347. The van der Waals surface area contributed by atoms with Gasteiger partial charge < -0.3 is 19.3 Å². The molecule has 4 heterocycles. The lowest BCUT2D eigenvalue weighted by atomic mass is 10.1. The lowest BCUT2D eigenvalue weighted by Crippen LogP contribution is -2.41. The fraction of sp³-hybridized carbons (Fsp3) is 0.294. The molecule has 0 spiro atoms. The van der Waals surface area contributed by atoms with E-state index in [-0.39, 0.29) is 35.7 Å². The van der Waals surface area contributed by atoms with Crippen LogP contribution in [-0.4, -0.2) is 58.8 Å². The number of nitrogens with zero attached hydrogens (tertiary/aromatic N) is 4. The first kappa shape index (κ1) is 28.3. The molecule has 0 radical (unpaired) electrons. The van der Waals surface area contributed by atoms with E-state index in [1.165, 1.54) is 49.0 Å². The number of Topliss-reactive ketones (excluding diaryl/α,β-unsaturated/α-hetero) is 1. The van der Waals surface area contributed by atoms with Crippen molar-refractivity contribution in [2.45, 2.75) is 38.2 Å². The van der Waals surface area contributed by atoms with Crippen molar-refractivity contribution in [2.24, 2.45) is 0 Å². The molecule has 8 nitrogen and oxygen atoms in total. The largest absolute Gasteiger partial charge is 0.490 e. The summed E-state index contributed by atoms with van der Waals surface area (Å²) in [6.45, 7) is 3.44. The first-order valence-corrected chi connectivity index (χ1v) is 14.7. The Labute approximate surface area is 250 Å². The molecule has 0 aliphatic carbocycles. The Hall–Kier alpha value is -4.79.